The second-order valence-electron chi connectivity index (χ2n) is 5.51. The summed E-state index contributed by atoms with van der Waals surface area (Å²) < 4.78 is 13.3. The standard InChI is InChI=1S/C14H17FN2O2/c1-17-5-4-11-10(7-17)13(14(18)19)9-3-2-8(15)6-12(9)16-11/h2-3,6,10-11,13,16H,4-5,7H2,1H3,(H,18,19). The summed E-state index contributed by atoms with van der Waals surface area (Å²) in [6.07, 6.45) is 0.890. The van der Waals surface area contributed by atoms with Gasteiger partial charge in [0.1, 0.15) is 5.82 Å². The molecule has 0 bridgehead atoms. The van der Waals surface area contributed by atoms with Crippen molar-refractivity contribution in [2.75, 3.05) is 25.5 Å². The van der Waals surface area contributed by atoms with Gasteiger partial charge < -0.3 is 15.3 Å². The Labute approximate surface area is 111 Å². The molecule has 2 aliphatic rings. The van der Waals surface area contributed by atoms with Crippen LogP contribution in [0.4, 0.5) is 10.1 Å². The molecule has 0 radical (unpaired) electrons. The number of hydrogen-bond donors (Lipinski definition) is 2. The minimum Gasteiger partial charge on any atom is -0.481 e. The van der Waals surface area contributed by atoms with Crippen LogP contribution in [0.1, 0.15) is 17.9 Å². The molecular weight excluding hydrogens is 247 g/mol. The highest BCUT2D eigenvalue weighted by Crippen LogP contribution is 2.41. The molecule has 1 saturated heterocycles. The third-order valence-electron chi connectivity index (χ3n) is 4.25. The number of likely N-dealkylation sites (tertiary alicyclic amines) is 1. The monoisotopic (exact) mass is 264 g/mol. The van der Waals surface area contributed by atoms with E-state index in [-0.39, 0.29) is 17.8 Å². The predicted molar refractivity (Wildman–Crippen MR) is 69.8 cm³/mol. The molecule has 0 amide bonds. The molecule has 5 heteroatoms. The Morgan fingerprint density at radius 3 is 3.05 bits per heavy atom. The van der Waals surface area contributed by atoms with Gasteiger partial charge in [0.2, 0.25) is 0 Å². The number of halogens is 1. The summed E-state index contributed by atoms with van der Waals surface area (Å²) >= 11 is 0. The van der Waals surface area contributed by atoms with Crippen molar-refractivity contribution >= 4 is 11.7 Å². The van der Waals surface area contributed by atoms with Crippen molar-refractivity contribution in [3.63, 3.8) is 0 Å². The van der Waals surface area contributed by atoms with Crippen LogP contribution in [0.2, 0.25) is 0 Å². The van der Waals surface area contributed by atoms with Crippen LogP contribution < -0.4 is 5.32 Å². The Morgan fingerprint density at radius 1 is 1.53 bits per heavy atom. The topological polar surface area (TPSA) is 52.6 Å². The number of benzene rings is 1. The van der Waals surface area contributed by atoms with Crippen LogP contribution in [0.5, 0.6) is 0 Å². The van der Waals surface area contributed by atoms with Crippen molar-refractivity contribution in [3.05, 3.63) is 29.6 Å². The van der Waals surface area contributed by atoms with Gasteiger partial charge in [-0.05, 0) is 37.7 Å². The molecule has 1 aromatic rings. The van der Waals surface area contributed by atoms with Gasteiger partial charge in [-0.3, -0.25) is 4.79 Å². The smallest absolute Gasteiger partial charge is 0.311 e. The Balaban J connectivity index is 2.04. The number of nitrogens with one attached hydrogen (secondary N) is 1. The first-order valence-electron chi connectivity index (χ1n) is 6.53. The predicted octanol–water partition coefficient (Wildman–Crippen LogP) is 1.74. The van der Waals surface area contributed by atoms with E-state index in [0.717, 1.165) is 19.5 Å². The average molecular weight is 264 g/mol. The second-order valence-corrected chi connectivity index (χ2v) is 5.51. The summed E-state index contributed by atoms with van der Waals surface area (Å²) in [6.45, 7) is 1.69. The second kappa shape index (κ2) is 4.49. The number of nitrogens with zero attached hydrogens (tertiary/aromatic N) is 1. The number of aliphatic carboxylic acids is 1. The molecule has 19 heavy (non-hydrogen) atoms. The van der Waals surface area contributed by atoms with Gasteiger partial charge >= 0.3 is 5.97 Å². The van der Waals surface area contributed by atoms with Gasteiger partial charge in [0.15, 0.2) is 0 Å². The lowest BCUT2D eigenvalue weighted by Crippen LogP contribution is -2.51. The summed E-state index contributed by atoms with van der Waals surface area (Å²) in [5.41, 5.74) is 1.34. The quantitative estimate of drug-likeness (QED) is 0.811. The van der Waals surface area contributed by atoms with Gasteiger partial charge in [0, 0.05) is 24.2 Å². The maximum Gasteiger partial charge on any atom is 0.311 e. The summed E-state index contributed by atoms with van der Waals surface area (Å²) in [6, 6.07) is 4.45. The maximum absolute atomic E-state index is 13.3. The van der Waals surface area contributed by atoms with Crippen molar-refractivity contribution < 1.29 is 14.3 Å². The van der Waals surface area contributed by atoms with Crippen LogP contribution in [-0.4, -0.2) is 42.2 Å². The Morgan fingerprint density at radius 2 is 2.32 bits per heavy atom. The zero-order valence-electron chi connectivity index (χ0n) is 10.8. The van der Waals surface area contributed by atoms with E-state index < -0.39 is 11.9 Å². The highest BCUT2D eigenvalue weighted by molar-refractivity contribution is 5.81. The van der Waals surface area contributed by atoms with E-state index >= 15 is 0 Å². The first kappa shape index (κ1) is 12.4. The van der Waals surface area contributed by atoms with Gasteiger partial charge in [-0.2, -0.15) is 0 Å². The molecule has 102 valence electrons. The zero-order valence-corrected chi connectivity index (χ0v) is 10.8. The van der Waals surface area contributed by atoms with Gasteiger partial charge in [-0.1, -0.05) is 6.07 Å². The number of carbonyl (C=O) groups is 1. The molecule has 0 aliphatic carbocycles. The average Bonchev–Trinajstić information content (AvgIpc) is 2.35. The minimum atomic E-state index is -0.820. The fourth-order valence-electron chi connectivity index (χ4n) is 3.34. The fraction of sp³-hybridized carbons (Fsp3) is 0.500. The van der Waals surface area contributed by atoms with E-state index in [0.29, 0.717) is 11.3 Å². The van der Waals surface area contributed by atoms with Crippen molar-refractivity contribution in [1.29, 1.82) is 0 Å². The van der Waals surface area contributed by atoms with Gasteiger partial charge in [0.25, 0.3) is 0 Å². The van der Waals surface area contributed by atoms with Crippen LogP contribution in [0.25, 0.3) is 0 Å². The number of rotatable bonds is 1. The van der Waals surface area contributed by atoms with Crippen LogP contribution in [-0.2, 0) is 4.79 Å². The van der Waals surface area contributed by atoms with Gasteiger partial charge in [0.05, 0.1) is 5.92 Å². The number of fused-ring (bicyclic) bond motifs is 2. The third-order valence-corrected chi connectivity index (χ3v) is 4.25. The number of piperidine rings is 1. The Kier molecular flexibility index (Phi) is 2.93. The highest BCUT2D eigenvalue weighted by atomic mass is 19.1. The van der Waals surface area contributed by atoms with Crippen molar-refractivity contribution in [2.45, 2.75) is 18.4 Å². The molecular formula is C14H17FN2O2. The van der Waals surface area contributed by atoms with E-state index in [2.05, 4.69) is 10.2 Å². The molecule has 3 rings (SSSR count). The number of carboxylic acid groups (broad SMARTS) is 1. The van der Waals surface area contributed by atoms with E-state index in [9.17, 15) is 14.3 Å². The van der Waals surface area contributed by atoms with E-state index in [1.807, 2.05) is 7.05 Å². The number of carboxylic acids is 1. The lowest BCUT2D eigenvalue weighted by atomic mass is 9.74. The molecule has 2 heterocycles. The third kappa shape index (κ3) is 2.08. The molecule has 0 aromatic heterocycles. The highest BCUT2D eigenvalue weighted by Gasteiger charge is 2.43. The zero-order chi connectivity index (χ0) is 13.6. The number of anilines is 1. The van der Waals surface area contributed by atoms with Gasteiger partial charge in [-0.25, -0.2) is 4.39 Å². The Hall–Kier alpha value is -1.62. The largest absolute Gasteiger partial charge is 0.481 e. The molecule has 3 atom stereocenters. The molecule has 2 aliphatic heterocycles. The lowest BCUT2D eigenvalue weighted by molar-refractivity contribution is -0.141. The summed E-state index contributed by atoms with van der Waals surface area (Å²) in [5, 5.41) is 12.9. The first-order chi connectivity index (χ1) is 9.06. The van der Waals surface area contributed by atoms with Crippen LogP contribution >= 0.6 is 0 Å². The fourth-order valence-corrected chi connectivity index (χ4v) is 3.34. The molecule has 1 aromatic carbocycles. The first-order valence-corrected chi connectivity index (χ1v) is 6.53. The molecule has 3 unspecified atom stereocenters. The van der Waals surface area contributed by atoms with Gasteiger partial charge in [-0.15, -0.1) is 0 Å². The van der Waals surface area contributed by atoms with Crippen molar-refractivity contribution in [2.24, 2.45) is 5.92 Å². The van der Waals surface area contributed by atoms with E-state index in [1.165, 1.54) is 12.1 Å². The molecule has 2 N–H and O–H groups in total. The SMILES string of the molecule is CN1CCC2Nc3cc(F)ccc3C(C(=O)O)C2C1. The minimum absolute atomic E-state index is 0.0363. The number of hydrogen-bond acceptors (Lipinski definition) is 3. The van der Waals surface area contributed by atoms with Crippen LogP contribution in [0.3, 0.4) is 0 Å². The normalized spacial score (nSPS) is 30.1. The van der Waals surface area contributed by atoms with Crippen molar-refractivity contribution in [1.82, 2.24) is 4.90 Å². The summed E-state index contributed by atoms with van der Waals surface area (Å²) in [7, 11) is 2.01. The summed E-state index contributed by atoms with van der Waals surface area (Å²) in [5.74, 6) is -1.67. The van der Waals surface area contributed by atoms with Crippen molar-refractivity contribution in [3.8, 4) is 0 Å². The van der Waals surface area contributed by atoms with Crippen LogP contribution in [0, 0.1) is 11.7 Å². The Bertz CT molecular complexity index is 520. The van der Waals surface area contributed by atoms with E-state index in [1.54, 1.807) is 6.07 Å². The summed E-state index contributed by atoms with van der Waals surface area (Å²) in [4.78, 5) is 13.8. The maximum atomic E-state index is 13.3. The lowest BCUT2D eigenvalue weighted by Gasteiger charge is -2.44. The molecule has 0 spiro atoms. The molecule has 1 fully saturated rings. The van der Waals surface area contributed by atoms with Crippen LogP contribution in [0.15, 0.2) is 18.2 Å². The molecule has 4 nitrogen and oxygen atoms in total. The molecule has 0 saturated carbocycles. The van der Waals surface area contributed by atoms with E-state index in [4.69, 9.17) is 0 Å².